The van der Waals surface area contributed by atoms with E-state index in [4.69, 9.17) is 9.47 Å². The highest BCUT2D eigenvalue weighted by Crippen LogP contribution is 2.30. The van der Waals surface area contributed by atoms with E-state index < -0.39 is 0 Å². The van der Waals surface area contributed by atoms with Gasteiger partial charge in [0.05, 0.1) is 19.3 Å². The van der Waals surface area contributed by atoms with Gasteiger partial charge in [-0.2, -0.15) is 0 Å². The zero-order valence-electron chi connectivity index (χ0n) is 15.1. The van der Waals surface area contributed by atoms with Crippen molar-refractivity contribution in [1.29, 1.82) is 0 Å². The number of carbonyl (C=O) groups is 2. The Morgan fingerprint density at radius 2 is 2.04 bits per heavy atom. The van der Waals surface area contributed by atoms with Crippen molar-refractivity contribution in [2.45, 2.75) is 51.0 Å². The van der Waals surface area contributed by atoms with Gasteiger partial charge < -0.3 is 20.1 Å². The van der Waals surface area contributed by atoms with Crippen LogP contribution in [0, 0.1) is 0 Å². The molecule has 2 amide bonds. The predicted octanol–water partition coefficient (Wildman–Crippen LogP) is 2.73. The van der Waals surface area contributed by atoms with Crippen molar-refractivity contribution in [3.63, 3.8) is 0 Å². The molecule has 1 aromatic heterocycles. The Morgan fingerprint density at radius 3 is 2.72 bits per heavy atom. The lowest BCUT2D eigenvalue weighted by atomic mass is 9.81. The molecule has 1 aliphatic rings. The number of ether oxygens (including phenoxy) is 2. The van der Waals surface area contributed by atoms with E-state index in [1.807, 2.05) is 12.3 Å². The van der Waals surface area contributed by atoms with E-state index in [2.05, 4.69) is 10.6 Å². The molecular weight excluding hydrogens is 340 g/mol. The minimum absolute atomic E-state index is 0.0404. The van der Waals surface area contributed by atoms with Crippen LogP contribution in [0.5, 0.6) is 5.75 Å². The number of amides is 2. The molecule has 25 heavy (non-hydrogen) atoms. The third kappa shape index (κ3) is 5.71. The summed E-state index contributed by atoms with van der Waals surface area (Å²) in [6, 6.07) is 1.79. The van der Waals surface area contributed by atoms with E-state index >= 15 is 0 Å². The summed E-state index contributed by atoms with van der Waals surface area (Å²) in [5, 5.41) is 7.99. The van der Waals surface area contributed by atoms with Crippen molar-refractivity contribution >= 4 is 23.2 Å². The van der Waals surface area contributed by atoms with Gasteiger partial charge in [-0.3, -0.25) is 9.59 Å². The number of hydrogen-bond donors (Lipinski definition) is 2. The molecule has 1 fully saturated rings. The maximum atomic E-state index is 12.7. The van der Waals surface area contributed by atoms with E-state index in [0.29, 0.717) is 36.8 Å². The second-order valence-electron chi connectivity index (χ2n) is 6.34. The Kier molecular flexibility index (Phi) is 7.71. The zero-order chi connectivity index (χ0) is 18.1. The van der Waals surface area contributed by atoms with Gasteiger partial charge >= 0.3 is 0 Å². The lowest BCUT2D eigenvalue weighted by molar-refractivity contribution is -0.122. The fourth-order valence-electron chi connectivity index (χ4n) is 3.16. The molecule has 0 radical (unpaired) electrons. The fourth-order valence-corrected chi connectivity index (χ4v) is 3.91. The number of methoxy groups -OCH3 is 1. The van der Waals surface area contributed by atoms with Crippen LogP contribution < -0.4 is 15.4 Å². The predicted molar refractivity (Wildman–Crippen MR) is 98.3 cm³/mol. The second kappa shape index (κ2) is 9.77. The van der Waals surface area contributed by atoms with Crippen LogP contribution in [0.2, 0.25) is 0 Å². The fraction of sp³-hybridized carbons (Fsp3) is 0.667. The average molecular weight is 368 g/mol. The molecular formula is C18H28N2O4S. The number of hydrogen-bond acceptors (Lipinski definition) is 5. The average Bonchev–Trinajstić information content (AvgIpc) is 3.10. The zero-order valence-corrected chi connectivity index (χ0v) is 15.9. The Bertz CT molecular complexity index is 567. The van der Waals surface area contributed by atoms with Crippen LogP contribution in [0.1, 0.15) is 55.1 Å². The maximum Gasteiger partial charge on any atom is 0.265 e. The van der Waals surface area contributed by atoms with Crippen LogP contribution in [0.3, 0.4) is 0 Å². The minimum atomic E-state index is -0.383. The summed E-state index contributed by atoms with van der Waals surface area (Å²) in [5.74, 6) is 0.424. The molecule has 140 valence electrons. The van der Waals surface area contributed by atoms with Gasteiger partial charge in [-0.25, -0.2) is 0 Å². The Morgan fingerprint density at radius 1 is 1.28 bits per heavy atom. The quantitative estimate of drug-likeness (QED) is 0.657. The molecule has 1 aliphatic carbocycles. The van der Waals surface area contributed by atoms with Crippen LogP contribution >= 0.6 is 11.3 Å². The van der Waals surface area contributed by atoms with Crippen molar-refractivity contribution in [1.82, 2.24) is 10.6 Å². The normalized spacial score (nSPS) is 16.2. The van der Waals surface area contributed by atoms with Crippen LogP contribution in [0.15, 0.2) is 11.4 Å². The van der Waals surface area contributed by atoms with Gasteiger partial charge in [0.15, 0.2) is 0 Å². The molecule has 0 aromatic carbocycles. The molecule has 6 nitrogen and oxygen atoms in total. The van der Waals surface area contributed by atoms with Gasteiger partial charge in [-0.05, 0) is 31.2 Å². The summed E-state index contributed by atoms with van der Waals surface area (Å²) in [6.07, 6.45) is 5.36. The molecule has 0 spiro atoms. The number of thiophene rings is 1. The first-order chi connectivity index (χ1) is 12.1. The van der Waals surface area contributed by atoms with E-state index in [1.165, 1.54) is 11.3 Å². The number of rotatable bonds is 9. The Labute approximate surface area is 153 Å². The Hall–Kier alpha value is -1.60. The maximum absolute atomic E-state index is 12.7. The highest BCUT2D eigenvalue weighted by Gasteiger charge is 2.35. The van der Waals surface area contributed by atoms with Gasteiger partial charge in [0.25, 0.3) is 5.91 Å². The monoisotopic (exact) mass is 368 g/mol. The minimum Gasteiger partial charge on any atom is -0.495 e. The van der Waals surface area contributed by atoms with E-state index in [9.17, 15) is 9.59 Å². The molecule has 0 saturated heterocycles. The third-order valence-corrected chi connectivity index (χ3v) is 5.44. The third-order valence-electron chi connectivity index (χ3n) is 4.55. The highest BCUT2D eigenvalue weighted by atomic mass is 32.1. The summed E-state index contributed by atoms with van der Waals surface area (Å²) in [6.45, 7) is 3.39. The largest absolute Gasteiger partial charge is 0.495 e. The van der Waals surface area contributed by atoms with Gasteiger partial charge in [-0.15, -0.1) is 11.3 Å². The smallest absolute Gasteiger partial charge is 0.265 e. The summed E-state index contributed by atoms with van der Waals surface area (Å²) < 4.78 is 10.5. The second-order valence-corrected chi connectivity index (χ2v) is 7.25. The summed E-state index contributed by atoms with van der Waals surface area (Å²) in [5.41, 5.74) is -0.383. The number of carbonyl (C=O) groups excluding carboxylic acids is 2. The van der Waals surface area contributed by atoms with E-state index in [-0.39, 0.29) is 17.4 Å². The van der Waals surface area contributed by atoms with Crippen molar-refractivity contribution in [3.05, 3.63) is 16.3 Å². The molecule has 0 atom stereocenters. The van der Waals surface area contributed by atoms with E-state index in [0.717, 1.165) is 32.1 Å². The first-order valence-electron chi connectivity index (χ1n) is 8.88. The SMILES string of the molecule is CCOCCC(=O)NCC1(NC(=O)c2sccc2OC)CCCCC1. The lowest BCUT2D eigenvalue weighted by Crippen LogP contribution is -2.56. The topological polar surface area (TPSA) is 76.7 Å². The standard InChI is InChI=1S/C18H28N2O4S/c1-3-24-11-7-15(21)19-13-18(9-5-4-6-10-18)20-17(22)16-14(23-2)8-12-25-16/h8,12H,3-7,9-11,13H2,1-2H3,(H,19,21)(H,20,22). The molecule has 2 rings (SSSR count). The van der Waals surface area contributed by atoms with Crippen molar-refractivity contribution in [3.8, 4) is 5.75 Å². The van der Waals surface area contributed by atoms with Crippen molar-refractivity contribution in [2.24, 2.45) is 0 Å². The first-order valence-corrected chi connectivity index (χ1v) is 9.76. The van der Waals surface area contributed by atoms with Gasteiger partial charge in [0.1, 0.15) is 10.6 Å². The summed E-state index contributed by atoms with van der Waals surface area (Å²) in [4.78, 5) is 25.3. The summed E-state index contributed by atoms with van der Waals surface area (Å²) in [7, 11) is 1.56. The van der Waals surface area contributed by atoms with Crippen LogP contribution in [-0.4, -0.2) is 44.2 Å². The molecule has 1 aromatic rings. The molecule has 0 unspecified atom stereocenters. The van der Waals surface area contributed by atoms with Gasteiger partial charge in [0.2, 0.25) is 5.91 Å². The van der Waals surface area contributed by atoms with Crippen LogP contribution in [0.4, 0.5) is 0 Å². The lowest BCUT2D eigenvalue weighted by Gasteiger charge is -2.38. The molecule has 2 N–H and O–H groups in total. The van der Waals surface area contributed by atoms with Crippen LogP contribution in [-0.2, 0) is 9.53 Å². The first kappa shape index (κ1) is 19.7. The van der Waals surface area contributed by atoms with E-state index in [1.54, 1.807) is 13.2 Å². The molecule has 7 heteroatoms. The number of nitrogens with one attached hydrogen (secondary N) is 2. The molecule has 1 saturated carbocycles. The van der Waals surface area contributed by atoms with Crippen molar-refractivity contribution < 1.29 is 19.1 Å². The molecule has 0 bridgehead atoms. The molecule has 0 aliphatic heterocycles. The molecule has 1 heterocycles. The Balaban J connectivity index is 1.97. The van der Waals surface area contributed by atoms with Crippen molar-refractivity contribution in [2.75, 3.05) is 26.9 Å². The highest BCUT2D eigenvalue weighted by molar-refractivity contribution is 7.12. The van der Waals surface area contributed by atoms with Crippen LogP contribution in [0.25, 0.3) is 0 Å². The van der Waals surface area contributed by atoms with Gasteiger partial charge in [-0.1, -0.05) is 19.3 Å². The van der Waals surface area contributed by atoms with Gasteiger partial charge in [0, 0.05) is 19.6 Å². The summed E-state index contributed by atoms with van der Waals surface area (Å²) >= 11 is 1.37.